The van der Waals surface area contributed by atoms with E-state index < -0.39 is 41.7 Å². The van der Waals surface area contributed by atoms with Crippen molar-refractivity contribution in [1.82, 2.24) is 15.1 Å². The first-order chi connectivity index (χ1) is 33.1. The fraction of sp³-hybridized carbons (Fsp3) is 0.491. The van der Waals surface area contributed by atoms with Crippen LogP contribution < -0.4 is 5.32 Å². The summed E-state index contributed by atoms with van der Waals surface area (Å²) in [5, 5.41) is 3.13. The molecule has 1 unspecified atom stereocenters. The van der Waals surface area contributed by atoms with Gasteiger partial charge in [0, 0.05) is 75.4 Å². The third-order valence-electron chi connectivity index (χ3n) is 13.9. The van der Waals surface area contributed by atoms with Crippen molar-refractivity contribution in [1.29, 1.82) is 0 Å². The minimum Gasteiger partial charge on any atom is -0.375 e. The number of esters is 1. The molecule has 0 spiro atoms. The van der Waals surface area contributed by atoms with Crippen LogP contribution in [-0.2, 0) is 22.4 Å². The number of hydrogen-bond donors (Lipinski definition) is 1. The van der Waals surface area contributed by atoms with Crippen molar-refractivity contribution in [2.24, 2.45) is 5.92 Å². The van der Waals surface area contributed by atoms with Gasteiger partial charge in [-0.2, -0.15) is 0 Å². The van der Waals surface area contributed by atoms with Gasteiger partial charge in [0.25, 0.3) is 23.6 Å². The Morgan fingerprint density at radius 2 is 0.941 bits per heavy atom. The largest absolute Gasteiger partial charge is 0.415 e. The van der Waals surface area contributed by atoms with Crippen molar-refractivity contribution in [3.8, 4) is 19.5 Å². The molecule has 2 aromatic carbocycles. The van der Waals surface area contributed by atoms with Gasteiger partial charge in [0.1, 0.15) is 6.04 Å². The van der Waals surface area contributed by atoms with Crippen LogP contribution in [0.4, 0.5) is 4.79 Å². The van der Waals surface area contributed by atoms with Gasteiger partial charge in [-0.15, -0.1) is 34.0 Å². The molecule has 5 aromatic rings. The summed E-state index contributed by atoms with van der Waals surface area (Å²) in [4.78, 5) is 88.6. The van der Waals surface area contributed by atoms with Gasteiger partial charge in [-0.25, -0.2) is 9.59 Å². The highest BCUT2D eigenvalue weighted by Gasteiger charge is 2.40. The maximum absolute atomic E-state index is 14.0. The van der Waals surface area contributed by atoms with Crippen LogP contribution in [0, 0.1) is 5.92 Å². The third kappa shape index (κ3) is 11.5. The maximum Gasteiger partial charge on any atom is 0.415 e. The molecule has 5 amide bonds. The second-order valence-corrected chi connectivity index (χ2v) is 22.3. The van der Waals surface area contributed by atoms with Gasteiger partial charge in [-0.3, -0.25) is 29.0 Å². The highest BCUT2D eigenvalue weighted by Crippen LogP contribution is 2.42. The molecule has 0 aliphatic carbocycles. The fourth-order valence-electron chi connectivity index (χ4n) is 10.1. The SMILES string of the molecule is CCCCCCCCCCC(CCCCCCCC)Cc1ccc(-c2ccc(-c3ccc(CCN4C(=O)c5ccc6c7c(ccc(c57)C4=O)C(=O)N(CCCC[C@@H]4NC(=O)OC4=O)C6=O)s3)s2)s1. The van der Waals surface area contributed by atoms with Crippen molar-refractivity contribution >= 4 is 80.5 Å². The number of nitrogens with one attached hydrogen (secondary N) is 1. The summed E-state index contributed by atoms with van der Waals surface area (Å²) in [7, 11) is 0. The van der Waals surface area contributed by atoms with Gasteiger partial charge in [-0.1, -0.05) is 117 Å². The van der Waals surface area contributed by atoms with E-state index in [0.29, 0.717) is 47.6 Å². The Kier molecular flexibility index (Phi) is 17.1. The molecule has 6 heterocycles. The van der Waals surface area contributed by atoms with Crippen LogP contribution in [0.2, 0.25) is 0 Å². The lowest BCUT2D eigenvalue weighted by molar-refractivity contribution is -0.135. The summed E-state index contributed by atoms with van der Waals surface area (Å²) in [6.07, 6.45) is 23.8. The van der Waals surface area contributed by atoms with Crippen molar-refractivity contribution in [2.45, 2.75) is 155 Å². The van der Waals surface area contributed by atoms with E-state index >= 15 is 0 Å². The van der Waals surface area contributed by atoms with Gasteiger partial charge in [0.2, 0.25) is 0 Å². The molecule has 1 saturated heterocycles. The van der Waals surface area contributed by atoms with Gasteiger partial charge >= 0.3 is 12.1 Å². The number of thiophene rings is 3. The van der Waals surface area contributed by atoms with Crippen molar-refractivity contribution in [3.05, 3.63) is 92.7 Å². The highest BCUT2D eigenvalue weighted by molar-refractivity contribution is 7.26. The van der Waals surface area contributed by atoms with Crippen LogP contribution in [0.25, 0.3) is 30.3 Å². The number of ether oxygens (including phenoxy) is 1. The van der Waals surface area contributed by atoms with Crippen LogP contribution in [0.5, 0.6) is 0 Å². The van der Waals surface area contributed by atoms with E-state index in [1.165, 1.54) is 138 Å². The third-order valence-corrected chi connectivity index (χ3v) is 17.6. The Morgan fingerprint density at radius 1 is 0.500 bits per heavy atom. The van der Waals surface area contributed by atoms with E-state index in [0.717, 1.165) is 15.7 Å². The summed E-state index contributed by atoms with van der Waals surface area (Å²) in [5.41, 5.74) is 1.12. The molecule has 1 fully saturated rings. The van der Waals surface area contributed by atoms with E-state index in [1.54, 1.807) is 35.6 Å². The molecular formula is C55H65N3O7S3. The number of unbranched alkanes of at least 4 members (excludes halogenated alkanes) is 13. The Hall–Kier alpha value is -4.98. The highest BCUT2D eigenvalue weighted by atomic mass is 32.1. The average molecular weight is 976 g/mol. The standard InChI is InChI=1S/C55H65N3O7S3/c1-3-5-7-9-11-12-14-16-20-36(19-15-13-10-8-6-4-2)35-38-23-29-45(67-38)47-31-30-46(68-47)44-28-22-37(66-44)32-34-58-52(61)41-26-24-39-48-40(25-27-42(49(41)48)53(58)62)51(60)57(50(39)59)33-18-17-21-43-54(63)65-55(64)56-43/h22-31,36,43H,3-21,32-35H2,1-2H3,(H,56,64)/t36?,43-/m0/s1. The number of rotatable bonds is 28. The first kappa shape index (κ1) is 49.4. The number of imide groups is 2. The van der Waals surface area contributed by atoms with Gasteiger partial charge in [0.05, 0.1) is 0 Å². The molecule has 3 aromatic heterocycles. The number of cyclic esters (lactones) is 2. The minimum absolute atomic E-state index is 0.107. The Bertz CT molecular complexity index is 2550. The quantitative estimate of drug-likeness (QED) is 0.0229. The molecule has 3 aliphatic heterocycles. The summed E-state index contributed by atoms with van der Waals surface area (Å²) in [6, 6.07) is 18.9. The molecule has 3 aliphatic rings. The second kappa shape index (κ2) is 23.6. The molecular weight excluding hydrogens is 911 g/mol. The molecule has 68 heavy (non-hydrogen) atoms. The topological polar surface area (TPSA) is 130 Å². The normalized spacial score (nSPS) is 16.1. The molecule has 0 radical (unpaired) electrons. The zero-order chi connectivity index (χ0) is 47.6. The predicted octanol–water partition coefficient (Wildman–Crippen LogP) is 14.0. The lowest BCUT2D eigenvalue weighted by Crippen LogP contribution is -2.44. The molecule has 0 bridgehead atoms. The molecule has 2 atom stereocenters. The van der Waals surface area contributed by atoms with Crippen molar-refractivity contribution in [2.75, 3.05) is 13.1 Å². The lowest BCUT2D eigenvalue weighted by Gasteiger charge is -2.32. The first-order valence-electron chi connectivity index (χ1n) is 25.3. The number of nitrogens with zero attached hydrogens (tertiary/aromatic N) is 2. The average Bonchev–Trinajstić information content (AvgIpc) is 4.17. The monoisotopic (exact) mass is 975 g/mol. The van der Waals surface area contributed by atoms with E-state index in [9.17, 15) is 28.8 Å². The number of benzene rings is 2. The molecule has 360 valence electrons. The Labute approximate surface area is 412 Å². The molecule has 10 nitrogen and oxygen atoms in total. The van der Waals surface area contributed by atoms with Crippen LogP contribution in [0.3, 0.4) is 0 Å². The summed E-state index contributed by atoms with van der Waals surface area (Å²) in [5.74, 6) is -1.76. The van der Waals surface area contributed by atoms with E-state index in [2.05, 4.69) is 60.3 Å². The van der Waals surface area contributed by atoms with Gasteiger partial charge in [-0.05, 0) is 98.7 Å². The Morgan fingerprint density at radius 3 is 1.44 bits per heavy atom. The number of carbonyl (C=O) groups is 6. The maximum atomic E-state index is 14.0. The number of carbonyl (C=O) groups excluding carboxylic acids is 6. The molecule has 1 N–H and O–H groups in total. The van der Waals surface area contributed by atoms with Crippen LogP contribution in [0.15, 0.2) is 60.7 Å². The van der Waals surface area contributed by atoms with Crippen LogP contribution in [0.1, 0.15) is 187 Å². The summed E-state index contributed by atoms with van der Waals surface area (Å²) >= 11 is 5.45. The molecule has 0 saturated carbocycles. The predicted molar refractivity (Wildman–Crippen MR) is 274 cm³/mol. The summed E-state index contributed by atoms with van der Waals surface area (Å²) < 4.78 is 4.52. The van der Waals surface area contributed by atoms with E-state index in [4.69, 9.17) is 0 Å². The zero-order valence-electron chi connectivity index (χ0n) is 39.7. The summed E-state index contributed by atoms with van der Waals surface area (Å²) in [6.45, 7) is 4.88. The smallest absolute Gasteiger partial charge is 0.375 e. The van der Waals surface area contributed by atoms with Crippen LogP contribution >= 0.6 is 34.0 Å². The fourth-order valence-corrected chi connectivity index (χ4v) is 13.4. The number of alkyl carbamates (subject to hydrolysis) is 1. The molecule has 13 heteroatoms. The van der Waals surface area contributed by atoms with Gasteiger partial charge < -0.3 is 10.1 Å². The lowest BCUT2D eigenvalue weighted by atomic mass is 9.86. The number of hydrogen-bond acceptors (Lipinski definition) is 10. The first-order valence-corrected chi connectivity index (χ1v) is 27.7. The second-order valence-electron chi connectivity index (χ2n) is 18.8. The van der Waals surface area contributed by atoms with Crippen LogP contribution in [-0.4, -0.2) is 64.6 Å². The van der Waals surface area contributed by atoms with Gasteiger partial charge in [0.15, 0.2) is 0 Å². The minimum atomic E-state index is -0.777. The van der Waals surface area contributed by atoms with Crippen molar-refractivity contribution in [3.63, 3.8) is 0 Å². The van der Waals surface area contributed by atoms with E-state index in [1.807, 2.05) is 22.7 Å². The Balaban J connectivity index is 0.857. The number of amides is 5. The zero-order valence-corrected chi connectivity index (χ0v) is 42.1. The van der Waals surface area contributed by atoms with Crippen molar-refractivity contribution < 1.29 is 33.5 Å². The molecule has 8 rings (SSSR count). The van der Waals surface area contributed by atoms with E-state index in [-0.39, 0.29) is 24.2 Å².